The zero-order valence-corrected chi connectivity index (χ0v) is 20.6. The van der Waals surface area contributed by atoms with Crippen molar-refractivity contribution in [1.82, 2.24) is 24.5 Å². The van der Waals surface area contributed by atoms with Crippen molar-refractivity contribution in [3.63, 3.8) is 0 Å². The van der Waals surface area contributed by atoms with Crippen LogP contribution in [0.5, 0.6) is 6.01 Å². The first-order chi connectivity index (χ1) is 16.5. The van der Waals surface area contributed by atoms with Crippen LogP contribution < -0.4 is 10.3 Å². The molecule has 0 aliphatic rings. The minimum Gasteiger partial charge on any atom is -0.430 e. The Morgan fingerprint density at radius 1 is 1.37 bits per heavy atom. The number of rotatable bonds is 9. The predicted octanol–water partition coefficient (Wildman–Crippen LogP) is 5.10. The number of H-pyrrole nitrogens is 1. The molecule has 3 rings (SSSR count). The van der Waals surface area contributed by atoms with E-state index < -0.39 is 12.3 Å². The van der Waals surface area contributed by atoms with Crippen molar-refractivity contribution in [1.29, 1.82) is 0 Å². The molecule has 0 spiro atoms. The molecule has 3 aromatic rings. The molecule has 1 aromatic carbocycles. The molecule has 11 heteroatoms. The number of hydrogen-bond acceptors (Lipinski definition) is 6. The molecule has 0 saturated heterocycles. The maximum absolute atomic E-state index is 13.1. The van der Waals surface area contributed by atoms with Gasteiger partial charge in [0.1, 0.15) is 5.82 Å². The lowest BCUT2D eigenvalue weighted by Crippen LogP contribution is -2.25. The minimum absolute atomic E-state index is 0.0406. The van der Waals surface area contributed by atoms with Gasteiger partial charge in [-0.25, -0.2) is 18.2 Å². The van der Waals surface area contributed by atoms with Gasteiger partial charge in [0.05, 0.1) is 6.54 Å². The van der Waals surface area contributed by atoms with Crippen LogP contribution in [0.1, 0.15) is 51.1 Å². The summed E-state index contributed by atoms with van der Waals surface area (Å²) in [5, 5.41) is 5.73. The number of hydrazone groups is 1. The van der Waals surface area contributed by atoms with E-state index in [1.54, 1.807) is 24.3 Å². The van der Waals surface area contributed by atoms with Crippen molar-refractivity contribution in [2.24, 2.45) is 5.10 Å². The van der Waals surface area contributed by atoms with Gasteiger partial charge >= 0.3 is 6.01 Å². The Labute approximate surface area is 202 Å². The maximum Gasteiger partial charge on any atom is 0.303 e. The standard InChI is InChI=1S/C12H16F2N2.C12H15FN4O2/c1-4-15-16(3)9-10-6-5-7-11(8-10)12(2,13)14;1-4-6-17-11(18)9-10(15-8(5-2)14-9)16-12(17)19-7(3)13/h4-8H,9H2,1-3H3;5,7H,2,4,6H2,1,3H3,(H,14,15)/b15-4-;. The van der Waals surface area contributed by atoms with Gasteiger partial charge in [-0.1, -0.05) is 31.7 Å². The molecule has 0 amide bonds. The van der Waals surface area contributed by atoms with E-state index in [1.165, 1.54) is 29.7 Å². The van der Waals surface area contributed by atoms with Crippen molar-refractivity contribution >= 4 is 23.5 Å². The maximum atomic E-state index is 13.1. The number of aromatic nitrogens is 4. The van der Waals surface area contributed by atoms with E-state index in [0.29, 0.717) is 25.3 Å². The van der Waals surface area contributed by atoms with Crippen LogP contribution in [0.4, 0.5) is 13.2 Å². The summed E-state index contributed by atoms with van der Waals surface area (Å²) in [5.41, 5.74) is 0.999. The van der Waals surface area contributed by atoms with Crippen LogP contribution >= 0.6 is 0 Å². The Balaban J connectivity index is 0.000000251. The Morgan fingerprint density at radius 3 is 2.66 bits per heavy atom. The summed E-state index contributed by atoms with van der Waals surface area (Å²) < 4.78 is 45.4. The molecule has 1 unspecified atom stereocenters. The molecule has 35 heavy (non-hydrogen) atoms. The zero-order valence-electron chi connectivity index (χ0n) is 20.6. The third-order valence-electron chi connectivity index (χ3n) is 4.66. The topological polar surface area (TPSA) is 88.4 Å². The van der Waals surface area contributed by atoms with Crippen LogP contribution in [0.2, 0.25) is 0 Å². The van der Waals surface area contributed by atoms with Crippen LogP contribution in [0.3, 0.4) is 0 Å². The van der Waals surface area contributed by atoms with Gasteiger partial charge in [-0.3, -0.25) is 14.4 Å². The van der Waals surface area contributed by atoms with E-state index in [2.05, 4.69) is 26.6 Å². The average molecular weight is 493 g/mol. The van der Waals surface area contributed by atoms with Crippen molar-refractivity contribution in [2.75, 3.05) is 7.05 Å². The molecule has 8 nitrogen and oxygen atoms in total. The first kappa shape index (κ1) is 27.6. The molecule has 0 saturated carbocycles. The van der Waals surface area contributed by atoms with Crippen LogP contribution in [0, 0.1) is 0 Å². The molecule has 0 radical (unpaired) electrons. The molecule has 0 bridgehead atoms. The number of halogens is 3. The molecule has 1 N–H and O–H groups in total. The number of nitrogens with one attached hydrogen (secondary N) is 1. The van der Waals surface area contributed by atoms with Gasteiger partial charge < -0.3 is 9.72 Å². The van der Waals surface area contributed by atoms with E-state index in [1.807, 2.05) is 19.9 Å². The normalized spacial score (nSPS) is 12.3. The van der Waals surface area contributed by atoms with Gasteiger partial charge in [-0.2, -0.15) is 10.1 Å². The third-order valence-corrected chi connectivity index (χ3v) is 4.66. The Kier molecular flexibility index (Phi) is 9.61. The lowest BCUT2D eigenvalue weighted by atomic mass is 10.1. The van der Waals surface area contributed by atoms with E-state index in [9.17, 15) is 18.0 Å². The van der Waals surface area contributed by atoms with Crippen molar-refractivity contribution < 1.29 is 17.9 Å². The fraction of sp³-hybridized carbons (Fsp3) is 0.417. The van der Waals surface area contributed by atoms with Crippen molar-refractivity contribution in [2.45, 2.75) is 59.5 Å². The summed E-state index contributed by atoms with van der Waals surface area (Å²) in [5.74, 6) is -2.35. The highest BCUT2D eigenvalue weighted by Crippen LogP contribution is 2.27. The monoisotopic (exact) mass is 492 g/mol. The first-order valence-corrected chi connectivity index (χ1v) is 11.1. The smallest absolute Gasteiger partial charge is 0.303 e. The van der Waals surface area contributed by atoms with Crippen LogP contribution in [0.25, 0.3) is 17.2 Å². The van der Waals surface area contributed by atoms with E-state index in [0.717, 1.165) is 12.5 Å². The number of alkyl halides is 3. The van der Waals surface area contributed by atoms with Crippen LogP contribution in [-0.2, 0) is 19.0 Å². The highest BCUT2D eigenvalue weighted by Gasteiger charge is 2.24. The second-order valence-electron chi connectivity index (χ2n) is 7.81. The van der Waals surface area contributed by atoms with Gasteiger partial charge in [0, 0.05) is 39.2 Å². The highest BCUT2D eigenvalue weighted by molar-refractivity contribution is 5.71. The number of nitrogens with zero attached hydrogens (tertiary/aromatic N) is 5. The summed E-state index contributed by atoms with van der Waals surface area (Å²) in [4.78, 5) is 23.2. The SMILES string of the molecule is C/C=N\N(C)Cc1cccc(C(C)(F)F)c1.C=Cc1nc2nc(OC(C)F)n(CCC)c(=O)c2[nH]1. The number of imidazole rings is 1. The Morgan fingerprint density at radius 2 is 2.09 bits per heavy atom. The number of ether oxygens (including phenoxy) is 1. The number of aromatic amines is 1. The molecular weight excluding hydrogens is 461 g/mol. The lowest BCUT2D eigenvalue weighted by Gasteiger charge is -2.15. The molecule has 190 valence electrons. The third kappa shape index (κ3) is 7.69. The Hall–Kier alpha value is -3.63. The second-order valence-corrected chi connectivity index (χ2v) is 7.81. The number of fused-ring (bicyclic) bond motifs is 1. The van der Waals surface area contributed by atoms with Crippen molar-refractivity contribution in [3.05, 3.63) is 58.1 Å². The quantitative estimate of drug-likeness (QED) is 0.332. The van der Waals surface area contributed by atoms with E-state index in [-0.39, 0.29) is 28.3 Å². The lowest BCUT2D eigenvalue weighted by molar-refractivity contribution is 0.0173. The zero-order chi connectivity index (χ0) is 26.2. The molecule has 2 heterocycles. The van der Waals surface area contributed by atoms with E-state index in [4.69, 9.17) is 4.74 Å². The first-order valence-electron chi connectivity index (χ1n) is 11.1. The summed E-state index contributed by atoms with van der Waals surface area (Å²) in [6.07, 6.45) is 2.29. The van der Waals surface area contributed by atoms with E-state index >= 15 is 0 Å². The summed E-state index contributed by atoms with van der Waals surface area (Å²) in [6, 6.07) is 6.35. The van der Waals surface area contributed by atoms with Crippen LogP contribution in [-0.4, -0.2) is 44.1 Å². The predicted molar refractivity (Wildman–Crippen MR) is 131 cm³/mol. The highest BCUT2D eigenvalue weighted by atomic mass is 19.3. The summed E-state index contributed by atoms with van der Waals surface area (Å²) >= 11 is 0. The number of benzene rings is 1. The molecule has 2 aromatic heterocycles. The van der Waals surface area contributed by atoms with Gasteiger partial charge in [0.25, 0.3) is 11.5 Å². The molecule has 0 aliphatic carbocycles. The molecule has 0 aliphatic heterocycles. The fourth-order valence-electron chi connectivity index (χ4n) is 3.18. The van der Waals surface area contributed by atoms with Gasteiger partial charge in [-0.05, 0) is 31.1 Å². The van der Waals surface area contributed by atoms with Gasteiger partial charge in [0.2, 0.25) is 6.36 Å². The van der Waals surface area contributed by atoms with Crippen molar-refractivity contribution in [3.8, 4) is 6.01 Å². The van der Waals surface area contributed by atoms with Crippen LogP contribution in [0.15, 0.2) is 40.7 Å². The largest absolute Gasteiger partial charge is 0.430 e. The summed E-state index contributed by atoms with van der Waals surface area (Å²) in [7, 11) is 1.80. The van der Waals surface area contributed by atoms with Gasteiger partial charge in [0.15, 0.2) is 11.2 Å². The second kappa shape index (κ2) is 12.2. The number of hydrogen-bond donors (Lipinski definition) is 1. The molecular formula is C24H31F3N6O2. The van der Waals surface area contributed by atoms with Gasteiger partial charge in [-0.15, -0.1) is 0 Å². The summed E-state index contributed by atoms with van der Waals surface area (Å²) in [6.45, 7) is 10.3. The molecule has 0 fully saturated rings. The molecule has 1 atom stereocenters. The Bertz CT molecular complexity index is 1210. The minimum atomic E-state index is -2.79. The fourth-order valence-corrected chi connectivity index (χ4v) is 3.18. The average Bonchev–Trinajstić information content (AvgIpc) is 3.20.